The molecule has 4 rings (SSSR count). The molecule has 3 saturated carbocycles. The molecule has 0 spiro atoms. The fourth-order valence-electron chi connectivity index (χ4n) is 6.95. The first kappa shape index (κ1) is 17.5. The van der Waals surface area contributed by atoms with E-state index in [-0.39, 0.29) is 35.7 Å². The zero-order valence-electron chi connectivity index (χ0n) is 15.2. The van der Waals surface area contributed by atoms with Gasteiger partial charge in [0.25, 0.3) is 0 Å². The Labute approximate surface area is 150 Å². The maximum Gasteiger partial charge on any atom is 0.133 e. The van der Waals surface area contributed by atoms with Crippen LogP contribution in [0.25, 0.3) is 0 Å². The summed E-state index contributed by atoms with van der Waals surface area (Å²) in [6.45, 7) is 4.24. The van der Waals surface area contributed by atoms with Crippen molar-refractivity contribution in [2.75, 3.05) is 0 Å². The second-order valence-corrected chi connectivity index (χ2v) is 9.44. The van der Waals surface area contributed by atoms with Gasteiger partial charge in [-0.1, -0.05) is 31.4 Å². The van der Waals surface area contributed by atoms with Crippen LogP contribution in [0.5, 0.6) is 0 Å². The lowest BCUT2D eigenvalue weighted by Gasteiger charge is -2.59. The summed E-state index contributed by atoms with van der Waals surface area (Å²) in [5, 5.41) is 42.8. The number of rotatable bonds is 0. The molecule has 0 amide bonds. The summed E-state index contributed by atoms with van der Waals surface area (Å²) in [6.07, 6.45) is 10.1. The molecule has 0 aromatic rings. The van der Waals surface area contributed by atoms with E-state index < -0.39 is 23.2 Å². The molecule has 3 fully saturated rings. The van der Waals surface area contributed by atoms with E-state index in [4.69, 9.17) is 6.42 Å². The molecule has 4 heteroatoms. The van der Waals surface area contributed by atoms with Crippen LogP contribution < -0.4 is 0 Å². The molecule has 0 bridgehead atoms. The standard InChI is InChI=1S/C21H30O4/c1-4-21(25)11-16(24)18-17-14(6-8-20(18,21)3)19(2)7-5-13(22)9-12(19)10-15(17)23/h1,10,13-18,22-25H,5-9,11H2,2-3H3/t13-,14?,15?,16?,17?,18?,19+,20+,21+/m1/s1. The highest BCUT2D eigenvalue weighted by Crippen LogP contribution is 2.66. The number of hydrogen-bond acceptors (Lipinski definition) is 4. The van der Waals surface area contributed by atoms with Gasteiger partial charge in [0.05, 0.1) is 18.3 Å². The summed E-state index contributed by atoms with van der Waals surface area (Å²) in [6, 6.07) is 0. The van der Waals surface area contributed by atoms with Crippen molar-refractivity contribution in [2.24, 2.45) is 28.6 Å². The van der Waals surface area contributed by atoms with E-state index in [1.165, 1.54) is 5.57 Å². The maximum absolute atomic E-state index is 11.0. The van der Waals surface area contributed by atoms with E-state index in [0.29, 0.717) is 6.42 Å². The Morgan fingerprint density at radius 2 is 1.88 bits per heavy atom. The molecule has 0 heterocycles. The molecule has 4 N–H and O–H groups in total. The number of hydrogen-bond donors (Lipinski definition) is 4. The average Bonchev–Trinajstić information content (AvgIpc) is 2.76. The molecule has 4 aliphatic rings. The van der Waals surface area contributed by atoms with Gasteiger partial charge in [-0.25, -0.2) is 0 Å². The third-order valence-corrected chi connectivity index (χ3v) is 8.46. The van der Waals surface area contributed by atoms with E-state index in [9.17, 15) is 20.4 Å². The zero-order chi connectivity index (χ0) is 18.2. The van der Waals surface area contributed by atoms with E-state index in [2.05, 4.69) is 12.8 Å². The van der Waals surface area contributed by atoms with Crippen molar-refractivity contribution in [1.82, 2.24) is 0 Å². The quantitative estimate of drug-likeness (QED) is 0.397. The lowest BCUT2D eigenvalue weighted by molar-refractivity contribution is -0.136. The van der Waals surface area contributed by atoms with E-state index in [1.807, 2.05) is 13.0 Å². The molecular formula is C21H30O4. The van der Waals surface area contributed by atoms with Gasteiger partial charge < -0.3 is 20.4 Å². The van der Waals surface area contributed by atoms with E-state index in [1.54, 1.807) is 0 Å². The van der Waals surface area contributed by atoms with Crippen LogP contribution >= 0.6 is 0 Å². The molecule has 0 radical (unpaired) electrons. The minimum absolute atomic E-state index is 0.0406. The summed E-state index contributed by atoms with van der Waals surface area (Å²) in [4.78, 5) is 0. The number of fused-ring (bicyclic) bond motifs is 5. The lowest BCUT2D eigenvalue weighted by Crippen LogP contribution is -2.58. The number of aliphatic hydroxyl groups excluding tert-OH is 3. The third-order valence-electron chi connectivity index (χ3n) is 8.46. The molecule has 4 aliphatic carbocycles. The van der Waals surface area contributed by atoms with Crippen molar-refractivity contribution in [3.8, 4) is 12.3 Å². The van der Waals surface area contributed by atoms with Crippen molar-refractivity contribution in [1.29, 1.82) is 0 Å². The molecule has 138 valence electrons. The Kier molecular flexibility index (Phi) is 3.74. The van der Waals surface area contributed by atoms with Crippen LogP contribution in [-0.2, 0) is 0 Å². The maximum atomic E-state index is 11.0. The predicted octanol–water partition coefficient (Wildman–Crippen LogP) is 1.62. The highest BCUT2D eigenvalue weighted by atomic mass is 16.3. The largest absolute Gasteiger partial charge is 0.393 e. The molecule has 0 aromatic carbocycles. The molecule has 9 atom stereocenters. The van der Waals surface area contributed by atoms with Gasteiger partial charge in [-0.05, 0) is 55.3 Å². The Balaban J connectivity index is 1.78. The SMILES string of the molecule is C#C[C@]1(O)CC(O)C2C3C(O)C=C4C[C@H](O)CC[C@]4(C)C3CC[C@@]21C. The van der Waals surface area contributed by atoms with Gasteiger partial charge in [-0.15, -0.1) is 6.42 Å². The van der Waals surface area contributed by atoms with Crippen LogP contribution in [-0.4, -0.2) is 44.3 Å². The number of aliphatic hydroxyl groups is 4. The second-order valence-electron chi connectivity index (χ2n) is 9.44. The Morgan fingerprint density at radius 1 is 1.16 bits per heavy atom. The monoisotopic (exact) mass is 346 g/mol. The zero-order valence-corrected chi connectivity index (χ0v) is 15.2. The lowest BCUT2D eigenvalue weighted by atomic mass is 9.46. The average molecular weight is 346 g/mol. The van der Waals surface area contributed by atoms with Crippen molar-refractivity contribution < 1.29 is 20.4 Å². The van der Waals surface area contributed by atoms with Crippen LogP contribution in [0.4, 0.5) is 0 Å². The molecule has 0 aromatic heterocycles. The van der Waals surface area contributed by atoms with Gasteiger partial charge in [0.2, 0.25) is 0 Å². The van der Waals surface area contributed by atoms with E-state index >= 15 is 0 Å². The summed E-state index contributed by atoms with van der Waals surface area (Å²) >= 11 is 0. The van der Waals surface area contributed by atoms with Crippen LogP contribution in [0.2, 0.25) is 0 Å². The Hall–Kier alpha value is -0.860. The van der Waals surface area contributed by atoms with Gasteiger partial charge in [0.1, 0.15) is 5.60 Å². The molecule has 4 nitrogen and oxygen atoms in total. The predicted molar refractivity (Wildman–Crippen MR) is 94.3 cm³/mol. The Morgan fingerprint density at radius 3 is 2.56 bits per heavy atom. The van der Waals surface area contributed by atoms with Crippen LogP contribution in [0.1, 0.15) is 52.4 Å². The molecular weight excluding hydrogens is 316 g/mol. The minimum Gasteiger partial charge on any atom is -0.393 e. The fraction of sp³-hybridized carbons (Fsp3) is 0.810. The summed E-state index contributed by atoms with van der Waals surface area (Å²) in [5.74, 6) is 2.51. The normalized spacial score (nSPS) is 57.7. The fourth-order valence-corrected chi connectivity index (χ4v) is 6.95. The van der Waals surface area contributed by atoms with Gasteiger partial charge >= 0.3 is 0 Å². The Bertz CT molecular complexity index is 651. The van der Waals surface area contributed by atoms with Crippen LogP contribution in [0.15, 0.2) is 11.6 Å². The molecule has 0 saturated heterocycles. The van der Waals surface area contributed by atoms with Gasteiger partial charge in [0, 0.05) is 11.8 Å². The summed E-state index contributed by atoms with van der Waals surface area (Å²) in [7, 11) is 0. The summed E-state index contributed by atoms with van der Waals surface area (Å²) in [5.41, 5.74) is -0.751. The smallest absolute Gasteiger partial charge is 0.133 e. The second kappa shape index (κ2) is 5.33. The van der Waals surface area contributed by atoms with Crippen molar-refractivity contribution in [2.45, 2.75) is 76.3 Å². The summed E-state index contributed by atoms with van der Waals surface area (Å²) < 4.78 is 0. The number of terminal acetylenes is 1. The van der Waals surface area contributed by atoms with Crippen LogP contribution in [0.3, 0.4) is 0 Å². The van der Waals surface area contributed by atoms with Gasteiger partial charge in [-0.3, -0.25) is 0 Å². The van der Waals surface area contributed by atoms with Crippen molar-refractivity contribution >= 4 is 0 Å². The van der Waals surface area contributed by atoms with Crippen molar-refractivity contribution in [3.63, 3.8) is 0 Å². The first-order chi connectivity index (χ1) is 11.7. The van der Waals surface area contributed by atoms with Gasteiger partial charge in [0.15, 0.2) is 0 Å². The first-order valence-electron chi connectivity index (χ1n) is 9.62. The molecule has 0 aliphatic heterocycles. The van der Waals surface area contributed by atoms with Crippen molar-refractivity contribution in [3.05, 3.63) is 11.6 Å². The first-order valence-corrected chi connectivity index (χ1v) is 9.62. The highest BCUT2D eigenvalue weighted by molar-refractivity contribution is 5.31. The molecule has 25 heavy (non-hydrogen) atoms. The van der Waals surface area contributed by atoms with Crippen LogP contribution in [0, 0.1) is 40.9 Å². The minimum atomic E-state index is -1.31. The van der Waals surface area contributed by atoms with Gasteiger partial charge in [-0.2, -0.15) is 0 Å². The highest BCUT2D eigenvalue weighted by Gasteiger charge is 2.67. The molecule has 5 unspecified atom stereocenters. The topological polar surface area (TPSA) is 80.9 Å². The van der Waals surface area contributed by atoms with E-state index in [0.717, 1.165) is 25.7 Å². The third kappa shape index (κ3) is 2.10.